The van der Waals surface area contributed by atoms with E-state index >= 15 is 0 Å². The first-order valence-electron chi connectivity index (χ1n) is 7.87. The smallest absolute Gasteiger partial charge is 0.258 e. The number of β-amino-alcohol motifs (C(OH)–C–C–N with tert-alkyl or cyclic N) is 1. The normalized spacial score (nSPS) is 20.7. The highest BCUT2D eigenvalue weighted by Crippen LogP contribution is 2.23. The van der Waals surface area contributed by atoms with Crippen LogP contribution in [-0.2, 0) is 9.59 Å². The lowest BCUT2D eigenvalue weighted by Crippen LogP contribution is -2.56. The Morgan fingerprint density at radius 2 is 2.04 bits per heavy atom. The number of rotatable bonds is 3. The van der Waals surface area contributed by atoms with Crippen LogP contribution in [-0.4, -0.2) is 50.3 Å². The molecule has 1 aromatic carbocycles. The summed E-state index contributed by atoms with van der Waals surface area (Å²) in [5.74, 6) is -0.654. The number of para-hydroxylation sites is 1. The van der Waals surface area contributed by atoms with Gasteiger partial charge in [-0.15, -0.1) is 0 Å². The summed E-state index contributed by atoms with van der Waals surface area (Å²) in [6.07, 6.45) is 4.13. The molecule has 1 atom stereocenters. The van der Waals surface area contributed by atoms with Crippen LogP contribution in [0.5, 0.6) is 0 Å². The van der Waals surface area contributed by atoms with Gasteiger partial charge in [-0.25, -0.2) is 4.68 Å². The number of anilines is 1. The second-order valence-electron chi connectivity index (χ2n) is 6.04. The van der Waals surface area contributed by atoms with Crippen molar-refractivity contribution in [3.8, 4) is 5.69 Å². The number of benzene rings is 1. The molecule has 1 fully saturated rings. The number of hydrogen-bond donors (Lipinski definition) is 2. The summed E-state index contributed by atoms with van der Waals surface area (Å²) in [5, 5.41) is 17.5. The molecule has 0 bridgehead atoms. The average molecular weight is 328 g/mol. The molecular formula is C17H20N4O3. The number of amides is 2. The molecule has 0 saturated carbocycles. The van der Waals surface area contributed by atoms with Crippen molar-refractivity contribution < 1.29 is 14.7 Å². The summed E-state index contributed by atoms with van der Waals surface area (Å²) < 4.78 is 1.64. The van der Waals surface area contributed by atoms with Gasteiger partial charge in [0, 0.05) is 13.5 Å². The topological polar surface area (TPSA) is 87.5 Å². The molecule has 7 nitrogen and oxygen atoms in total. The molecule has 2 aromatic rings. The van der Waals surface area contributed by atoms with E-state index in [1.807, 2.05) is 30.3 Å². The van der Waals surface area contributed by atoms with Gasteiger partial charge in [-0.2, -0.15) is 5.10 Å². The van der Waals surface area contributed by atoms with Crippen molar-refractivity contribution in [2.45, 2.75) is 25.4 Å². The highest BCUT2D eigenvalue weighted by atomic mass is 16.3. The number of likely N-dealkylation sites (tertiary alicyclic amines) is 1. The van der Waals surface area contributed by atoms with Crippen LogP contribution < -0.4 is 5.32 Å². The van der Waals surface area contributed by atoms with Gasteiger partial charge in [0.05, 0.1) is 30.3 Å². The Morgan fingerprint density at radius 3 is 2.75 bits per heavy atom. The number of nitrogens with one attached hydrogen (secondary N) is 1. The maximum absolute atomic E-state index is 12.5. The fourth-order valence-electron chi connectivity index (χ4n) is 2.85. The minimum absolute atomic E-state index is 0.0149. The van der Waals surface area contributed by atoms with Crippen LogP contribution in [0.4, 0.5) is 5.69 Å². The van der Waals surface area contributed by atoms with Crippen LogP contribution >= 0.6 is 0 Å². The van der Waals surface area contributed by atoms with Crippen molar-refractivity contribution in [3.63, 3.8) is 0 Å². The summed E-state index contributed by atoms with van der Waals surface area (Å²) in [4.78, 5) is 25.5. The van der Waals surface area contributed by atoms with Gasteiger partial charge in [0.15, 0.2) is 5.60 Å². The number of aromatic nitrogens is 2. The monoisotopic (exact) mass is 328 g/mol. The number of piperidine rings is 1. The summed E-state index contributed by atoms with van der Waals surface area (Å²) >= 11 is 0. The van der Waals surface area contributed by atoms with Gasteiger partial charge in [0.1, 0.15) is 0 Å². The molecule has 1 aromatic heterocycles. The Kier molecular flexibility index (Phi) is 4.35. The first kappa shape index (κ1) is 16.2. The van der Waals surface area contributed by atoms with Crippen LogP contribution in [0.2, 0.25) is 0 Å². The van der Waals surface area contributed by atoms with E-state index in [0.717, 1.165) is 5.69 Å². The number of hydrogen-bond acceptors (Lipinski definition) is 4. The van der Waals surface area contributed by atoms with Crippen LogP contribution in [0.15, 0.2) is 42.7 Å². The van der Waals surface area contributed by atoms with Crippen LogP contribution in [0.3, 0.4) is 0 Å². The molecular weight excluding hydrogens is 308 g/mol. The summed E-state index contributed by atoms with van der Waals surface area (Å²) in [7, 11) is 0. The molecule has 1 aliphatic heterocycles. The predicted molar refractivity (Wildman–Crippen MR) is 88.6 cm³/mol. The van der Waals surface area contributed by atoms with Crippen molar-refractivity contribution in [2.24, 2.45) is 0 Å². The third kappa shape index (κ3) is 3.30. The Balaban J connectivity index is 1.71. The fourth-order valence-corrected chi connectivity index (χ4v) is 2.85. The summed E-state index contributed by atoms with van der Waals surface area (Å²) in [5.41, 5.74) is -0.201. The second kappa shape index (κ2) is 6.45. The Bertz CT molecular complexity index is 743. The molecule has 7 heteroatoms. The van der Waals surface area contributed by atoms with E-state index in [2.05, 4.69) is 10.4 Å². The number of aliphatic hydroxyl groups is 1. The molecule has 0 unspecified atom stereocenters. The Hall–Kier alpha value is -2.67. The third-order valence-corrected chi connectivity index (χ3v) is 4.20. The molecule has 2 N–H and O–H groups in total. The van der Waals surface area contributed by atoms with Crippen molar-refractivity contribution in [2.75, 3.05) is 18.4 Å². The Labute approximate surface area is 139 Å². The first-order valence-corrected chi connectivity index (χ1v) is 7.87. The van der Waals surface area contributed by atoms with Crippen molar-refractivity contribution in [1.82, 2.24) is 14.7 Å². The standard InChI is InChI=1S/C17H20N4O3/c1-13(22)20-9-5-8-17(24,12-20)16(23)19-14-10-18-21(11-14)15-6-3-2-4-7-15/h2-4,6-7,10-11,24H,5,8-9,12H2,1H3,(H,19,23)/t17-/m1/s1. The highest BCUT2D eigenvalue weighted by Gasteiger charge is 2.41. The SMILES string of the molecule is CC(=O)N1CCC[C@](O)(C(=O)Nc2cnn(-c3ccccc3)c2)C1. The van der Waals surface area contributed by atoms with Crippen LogP contribution in [0.25, 0.3) is 5.69 Å². The van der Waals surface area contributed by atoms with Gasteiger partial charge in [0.25, 0.3) is 5.91 Å². The molecule has 24 heavy (non-hydrogen) atoms. The van der Waals surface area contributed by atoms with Gasteiger partial charge in [0.2, 0.25) is 5.91 Å². The van der Waals surface area contributed by atoms with E-state index in [0.29, 0.717) is 25.1 Å². The molecule has 0 aliphatic carbocycles. The highest BCUT2D eigenvalue weighted by molar-refractivity contribution is 5.97. The lowest BCUT2D eigenvalue weighted by Gasteiger charge is -2.37. The zero-order valence-electron chi connectivity index (χ0n) is 13.5. The van der Waals surface area contributed by atoms with Crippen molar-refractivity contribution in [1.29, 1.82) is 0 Å². The quantitative estimate of drug-likeness (QED) is 0.886. The van der Waals surface area contributed by atoms with E-state index in [1.54, 1.807) is 10.9 Å². The van der Waals surface area contributed by atoms with Gasteiger partial charge < -0.3 is 15.3 Å². The lowest BCUT2D eigenvalue weighted by atomic mass is 9.91. The average Bonchev–Trinajstić information content (AvgIpc) is 3.04. The molecule has 0 radical (unpaired) electrons. The largest absolute Gasteiger partial charge is 0.378 e. The number of nitrogens with zero attached hydrogens (tertiary/aromatic N) is 3. The van der Waals surface area contributed by atoms with Crippen molar-refractivity contribution >= 4 is 17.5 Å². The molecule has 1 saturated heterocycles. The van der Waals surface area contributed by atoms with Crippen molar-refractivity contribution in [3.05, 3.63) is 42.7 Å². The van der Waals surface area contributed by atoms with E-state index in [-0.39, 0.29) is 12.5 Å². The van der Waals surface area contributed by atoms with Crippen LogP contribution in [0.1, 0.15) is 19.8 Å². The van der Waals surface area contributed by atoms with Gasteiger partial charge in [-0.3, -0.25) is 9.59 Å². The summed E-state index contributed by atoms with van der Waals surface area (Å²) in [6, 6.07) is 9.51. The molecule has 126 valence electrons. The fraction of sp³-hybridized carbons (Fsp3) is 0.353. The van der Waals surface area contributed by atoms with Crippen LogP contribution in [0, 0.1) is 0 Å². The first-order chi connectivity index (χ1) is 11.5. The number of carbonyl (C=O) groups excluding carboxylic acids is 2. The zero-order valence-corrected chi connectivity index (χ0v) is 13.5. The molecule has 3 rings (SSSR count). The minimum atomic E-state index is -1.57. The maximum Gasteiger partial charge on any atom is 0.258 e. The van der Waals surface area contributed by atoms with Gasteiger partial charge >= 0.3 is 0 Å². The predicted octanol–water partition coefficient (Wildman–Crippen LogP) is 1.18. The number of carbonyl (C=O) groups is 2. The van der Waals surface area contributed by atoms with Gasteiger partial charge in [-0.05, 0) is 25.0 Å². The minimum Gasteiger partial charge on any atom is -0.378 e. The molecule has 1 aliphatic rings. The van der Waals surface area contributed by atoms with E-state index in [4.69, 9.17) is 0 Å². The summed E-state index contributed by atoms with van der Waals surface area (Å²) in [6.45, 7) is 2.02. The zero-order chi connectivity index (χ0) is 17.2. The van der Waals surface area contributed by atoms with E-state index in [9.17, 15) is 14.7 Å². The van der Waals surface area contributed by atoms with E-state index < -0.39 is 11.5 Å². The Morgan fingerprint density at radius 1 is 1.29 bits per heavy atom. The maximum atomic E-state index is 12.5. The van der Waals surface area contributed by atoms with Gasteiger partial charge in [-0.1, -0.05) is 18.2 Å². The molecule has 2 amide bonds. The van der Waals surface area contributed by atoms with E-state index in [1.165, 1.54) is 18.0 Å². The second-order valence-corrected chi connectivity index (χ2v) is 6.04. The third-order valence-electron chi connectivity index (χ3n) is 4.20. The molecule has 2 heterocycles. The molecule has 0 spiro atoms. The lowest BCUT2D eigenvalue weighted by molar-refractivity contribution is -0.146.